The Morgan fingerprint density at radius 1 is 1.61 bits per heavy atom. The van der Waals surface area contributed by atoms with E-state index in [1.807, 2.05) is 0 Å². The van der Waals surface area contributed by atoms with Crippen LogP contribution in [0.3, 0.4) is 0 Å². The van der Waals surface area contributed by atoms with Crippen LogP contribution in [0.2, 0.25) is 0 Å². The monoisotopic (exact) mass is 269 g/mol. The van der Waals surface area contributed by atoms with Gasteiger partial charge in [0.1, 0.15) is 0 Å². The van der Waals surface area contributed by atoms with Gasteiger partial charge in [-0.15, -0.1) is 0 Å². The van der Waals surface area contributed by atoms with E-state index in [2.05, 4.69) is 0 Å². The van der Waals surface area contributed by atoms with Gasteiger partial charge < -0.3 is 10.6 Å². The van der Waals surface area contributed by atoms with E-state index in [0.717, 1.165) is 17.8 Å². The predicted molar refractivity (Wildman–Crippen MR) is 71.3 cm³/mol. The molecule has 1 aromatic rings. The van der Waals surface area contributed by atoms with E-state index in [-0.39, 0.29) is 10.9 Å². The highest BCUT2D eigenvalue weighted by Gasteiger charge is 2.08. The van der Waals surface area contributed by atoms with Crippen molar-refractivity contribution < 1.29 is 9.72 Å². The van der Waals surface area contributed by atoms with Crippen LogP contribution in [-0.2, 0) is 4.79 Å². The third kappa shape index (κ3) is 4.27. The number of amides is 1. The Kier molecular flexibility index (Phi) is 5.47. The van der Waals surface area contributed by atoms with E-state index < -0.39 is 4.92 Å². The summed E-state index contributed by atoms with van der Waals surface area (Å²) in [5, 5.41) is 10.6. The van der Waals surface area contributed by atoms with Crippen LogP contribution in [0, 0.1) is 10.1 Å². The summed E-state index contributed by atoms with van der Waals surface area (Å²) in [6.45, 7) is 1.14. The molecule has 0 aliphatic rings. The number of thiophene rings is 1. The molecule has 0 aliphatic heterocycles. The summed E-state index contributed by atoms with van der Waals surface area (Å²) in [5.74, 6) is -0.139. The fraction of sp³-hybridized carbons (Fsp3) is 0.364. The fourth-order valence-electron chi connectivity index (χ4n) is 1.25. The zero-order valence-corrected chi connectivity index (χ0v) is 10.9. The Balaban J connectivity index is 2.57. The van der Waals surface area contributed by atoms with E-state index in [4.69, 9.17) is 5.73 Å². The van der Waals surface area contributed by atoms with Gasteiger partial charge in [-0.1, -0.05) is 11.3 Å². The van der Waals surface area contributed by atoms with Crippen LogP contribution >= 0.6 is 11.3 Å². The summed E-state index contributed by atoms with van der Waals surface area (Å²) in [7, 11) is 1.69. The van der Waals surface area contributed by atoms with Crippen LogP contribution in [-0.4, -0.2) is 35.9 Å². The van der Waals surface area contributed by atoms with E-state index in [9.17, 15) is 14.9 Å². The molecule has 98 valence electrons. The smallest absolute Gasteiger partial charge is 0.324 e. The average molecular weight is 269 g/mol. The number of nitrogens with zero attached hydrogens (tertiary/aromatic N) is 2. The van der Waals surface area contributed by atoms with Crippen LogP contribution in [0.25, 0.3) is 6.08 Å². The molecule has 18 heavy (non-hydrogen) atoms. The summed E-state index contributed by atoms with van der Waals surface area (Å²) in [6, 6.07) is 3.04. The Bertz CT molecular complexity index is 456. The second-order valence-corrected chi connectivity index (χ2v) is 4.76. The number of hydrogen-bond donors (Lipinski definition) is 1. The van der Waals surface area contributed by atoms with Crippen molar-refractivity contribution in [2.24, 2.45) is 5.73 Å². The third-order valence-electron chi connectivity index (χ3n) is 2.26. The first-order valence-corrected chi connectivity index (χ1v) is 6.23. The normalized spacial score (nSPS) is 10.8. The Hall–Kier alpha value is -1.73. The first kappa shape index (κ1) is 14.3. The maximum atomic E-state index is 11.6. The first-order chi connectivity index (χ1) is 8.54. The van der Waals surface area contributed by atoms with Crippen LogP contribution in [0.15, 0.2) is 18.2 Å². The molecule has 7 heteroatoms. The standard InChI is InChI=1S/C11H15N3O3S/c1-13(8-2-7-12)10(15)5-3-9-4-6-11(18-9)14(16)17/h3-6H,2,7-8,12H2,1H3/b5-3+. The molecule has 0 aromatic carbocycles. The number of rotatable bonds is 6. The van der Waals surface area contributed by atoms with Gasteiger partial charge >= 0.3 is 5.00 Å². The molecule has 0 saturated heterocycles. The first-order valence-electron chi connectivity index (χ1n) is 5.42. The van der Waals surface area contributed by atoms with Crippen molar-refractivity contribution in [1.82, 2.24) is 4.90 Å². The number of carbonyl (C=O) groups is 1. The summed E-state index contributed by atoms with van der Waals surface area (Å²) in [5.41, 5.74) is 5.35. The number of likely N-dealkylation sites (N-methyl/N-ethyl adjacent to an activating group) is 1. The van der Waals surface area contributed by atoms with Gasteiger partial charge in [0.05, 0.1) is 4.92 Å². The molecule has 1 rings (SSSR count). The number of carbonyl (C=O) groups excluding carboxylic acids is 1. The molecule has 0 radical (unpaired) electrons. The lowest BCUT2D eigenvalue weighted by Gasteiger charge is -2.13. The maximum absolute atomic E-state index is 11.6. The molecule has 6 nitrogen and oxygen atoms in total. The summed E-state index contributed by atoms with van der Waals surface area (Å²) in [4.78, 5) is 23.9. The number of hydrogen-bond acceptors (Lipinski definition) is 5. The maximum Gasteiger partial charge on any atom is 0.324 e. The van der Waals surface area contributed by atoms with Crippen molar-refractivity contribution in [2.75, 3.05) is 20.1 Å². The van der Waals surface area contributed by atoms with E-state index in [0.29, 0.717) is 18.0 Å². The van der Waals surface area contributed by atoms with Crippen LogP contribution in [0.1, 0.15) is 11.3 Å². The van der Waals surface area contributed by atoms with Gasteiger partial charge in [0.2, 0.25) is 5.91 Å². The molecular formula is C11H15N3O3S. The number of nitro groups is 1. The molecule has 0 spiro atoms. The molecule has 0 unspecified atom stereocenters. The zero-order valence-electron chi connectivity index (χ0n) is 10.0. The minimum atomic E-state index is -0.447. The molecule has 0 saturated carbocycles. The van der Waals surface area contributed by atoms with Crippen LogP contribution < -0.4 is 5.73 Å². The molecule has 2 N–H and O–H groups in total. The summed E-state index contributed by atoms with van der Waals surface area (Å²) in [6.07, 6.45) is 3.74. The highest BCUT2D eigenvalue weighted by atomic mass is 32.1. The van der Waals surface area contributed by atoms with Crippen molar-refractivity contribution >= 4 is 28.3 Å². The van der Waals surface area contributed by atoms with Gasteiger partial charge in [-0.3, -0.25) is 14.9 Å². The van der Waals surface area contributed by atoms with Crippen molar-refractivity contribution in [3.05, 3.63) is 33.2 Å². The molecule has 0 atom stereocenters. The summed E-state index contributed by atoms with van der Waals surface area (Å²) >= 11 is 1.04. The second-order valence-electron chi connectivity index (χ2n) is 3.67. The van der Waals surface area contributed by atoms with E-state index in [1.54, 1.807) is 24.1 Å². The molecule has 0 bridgehead atoms. The van der Waals surface area contributed by atoms with E-state index >= 15 is 0 Å². The van der Waals surface area contributed by atoms with Gasteiger partial charge in [0, 0.05) is 30.6 Å². The predicted octanol–water partition coefficient (Wildman–Crippen LogP) is 1.48. The van der Waals surface area contributed by atoms with Crippen molar-refractivity contribution in [3.8, 4) is 0 Å². The quantitative estimate of drug-likeness (QED) is 0.481. The van der Waals surface area contributed by atoms with E-state index in [1.165, 1.54) is 12.1 Å². The molecule has 0 fully saturated rings. The minimum Gasteiger partial charge on any atom is -0.342 e. The highest BCUT2D eigenvalue weighted by molar-refractivity contribution is 7.16. The molecular weight excluding hydrogens is 254 g/mol. The minimum absolute atomic E-state index is 0.0681. The third-order valence-corrected chi connectivity index (χ3v) is 3.26. The Morgan fingerprint density at radius 3 is 2.89 bits per heavy atom. The fourth-order valence-corrected chi connectivity index (χ4v) is 1.97. The lowest BCUT2D eigenvalue weighted by Crippen LogP contribution is -2.27. The Morgan fingerprint density at radius 2 is 2.33 bits per heavy atom. The second kappa shape index (κ2) is 6.87. The van der Waals surface area contributed by atoms with Crippen molar-refractivity contribution in [3.63, 3.8) is 0 Å². The largest absolute Gasteiger partial charge is 0.342 e. The SMILES string of the molecule is CN(CCCN)C(=O)/C=C/c1ccc([N+](=O)[O-])s1. The summed E-state index contributed by atoms with van der Waals surface area (Å²) < 4.78 is 0. The molecule has 0 aliphatic carbocycles. The van der Waals surface area contributed by atoms with Crippen molar-refractivity contribution in [2.45, 2.75) is 6.42 Å². The molecule has 1 aromatic heterocycles. The zero-order chi connectivity index (χ0) is 13.5. The lowest BCUT2D eigenvalue weighted by molar-refractivity contribution is -0.380. The van der Waals surface area contributed by atoms with Gasteiger partial charge in [0.25, 0.3) is 0 Å². The van der Waals surface area contributed by atoms with Gasteiger partial charge in [0.15, 0.2) is 0 Å². The topological polar surface area (TPSA) is 89.5 Å². The van der Waals surface area contributed by atoms with Gasteiger partial charge in [-0.2, -0.15) is 0 Å². The van der Waals surface area contributed by atoms with Crippen LogP contribution in [0.4, 0.5) is 5.00 Å². The van der Waals surface area contributed by atoms with Crippen molar-refractivity contribution in [1.29, 1.82) is 0 Å². The Labute approximate surface area is 109 Å². The molecule has 1 amide bonds. The number of nitrogens with two attached hydrogens (primary N) is 1. The van der Waals surface area contributed by atoms with Gasteiger partial charge in [-0.25, -0.2) is 0 Å². The average Bonchev–Trinajstić information content (AvgIpc) is 2.81. The van der Waals surface area contributed by atoms with Crippen LogP contribution in [0.5, 0.6) is 0 Å². The molecule has 1 heterocycles. The van der Waals surface area contributed by atoms with Gasteiger partial charge in [-0.05, 0) is 25.1 Å². The lowest BCUT2D eigenvalue weighted by atomic mass is 10.3. The highest BCUT2D eigenvalue weighted by Crippen LogP contribution is 2.24.